The van der Waals surface area contributed by atoms with Gasteiger partial charge in [0.25, 0.3) is 5.60 Å². The zero-order chi connectivity index (χ0) is 23.9. The van der Waals surface area contributed by atoms with Crippen LogP contribution in [0.25, 0.3) is 0 Å². The van der Waals surface area contributed by atoms with Crippen LogP contribution < -0.4 is 0 Å². The number of benzene rings is 2. The van der Waals surface area contributed by atoms with Crippen molar-refractivity contribution in [3.05, 3.63) is 68.7 Å². The summed E-state index contributed by atoms with van der Waals surface area (Å²) < 4.78 is 48.4. The zero-order valence-corrected chi connectivity index (χ0v) is 19.5. The topological polar surface area (TPSA) is 47.9 Å². The summed E-state index contributed by atoms with van der Waals surface area (Å²) in [6, 6.07) is 8.33. The smallest absolute Gasteiger partial charge is 0.435 e. The van der Waals surface area contributed by atoms with E-state index in [0.717, 1.165) is 0 Å². The second-order valence-electron chi connectivity index (χ2n) is 8.52. The Hall–Kier alpha value is -2.25. The molecule has 0 aliphatic carbocycles. The van der Waals surface area contributed by atoms with Crippen molar-refractivity contribution in [3.8, 4) is 0 Å². The summed E-state index contributed by atoms with van der Waals surface area (Å²) in [5.41, 5.74) is -2.54. The minimum Gasteiger partial charge on any atom is -0.456 e. The number of halogens is 5. The van der Waals surface area contributed by atoms with Gasteiger partial charge in [0.15, 0.2) is 0 Å². The van der Waals surface area contributed by atoms with Crippen molar-refractivity contribution in [2.24, 2.45) is 5.16 Å². The van der Waals surface area contributed by atoms with E-state index in [1.54, 1.807) is 27.7 Å². The van der Waals surface area contributed by atoms with Gasteiger partial charge in [-0.2, -0.15) is 13.2 Å². The highest BCUT2D eigenvalue weighted by molar-refractivity contribution is 6.35. The predicted octanol–water partition coefficient (Wildman–Crippen LogP) is 7.09. The first-order valence-electron chi connectivity index (χ1n) is 9.91. The molecule has 2 aromatic carbocycles. The maximum absolute atomic E-state index is 14.3. The van der Waals surface area contributed by atoms with Gasteiger partial charge in [0.05, 0.1) is 11.3 Å². The summed E-state index contributed by atoms with van der Waals surface area (Å²) in [5, 5.41) is 4.28. The first kappa shape index (κ1) is 24.4. The van der Waals surface area contributed by atoms with Crippen LogP contribution in [0.2, 0.25) is 10.0 Å². The minimum atomic E-state index is -4.78. The quantitative estimate of drug-likeness (QED) is 0.432. The average Bonchev–Trinajstić information content (AvgIpc) is 3.12. The Morgan fingerprint density at radius 3 is 2.28 bits per heavy atom. The standard InChI is InChI=1S/C23H22Cl2F3NO3/c1-5-13-8-15(6-7-18(13)20(30)31-21(2,3)4)22(23(26,27)28)12-19(29-32-22)14-9-16(24)11-17(25)10-14/h6-11H,5,12H2,1-4H3. The van der Waals surface area contributed by atoms with Crippen LogP contribution in [-0.4, -0.2) is 23.5 Å². The van der Waals surface area contributed by atoms with E-state index in [1.807, 2.05) is 0 Å². The van der Waals surface area contributed by atoms with Gasteiger partial charge in [-0.05, 0) is 57.0 Å². The van der Waals surface area contributed by atoms with E-state index in [4.69, 9.17) is 32.8 Å². The van der Waals surface area contributed by atoms with Gasteiger partial charge < -0.3 is 9.57 Å². The van der Waals surface area contributed by atoms with Gasteiger partial charge in [0.2, 0.25) is 0 Å². The van der Waals surface area contributed by atoms with Crippen LogP contribution in [0.3, 0.4) is 0 Å². The molecule has 0 radical (unpaired) electrons. The van der Waals surface area contributed by atoms with Crippen molar-refractivity contribution in [3.63, 3.8) is 0 Å². The number of alkyl halides is 3. The summed E-state index contributed by atoms with van der Waals surface area (Å²) in [7, 11) is 0. The summed E-state index contributed by atoms with van der Waals surface area (Å²) >= 11 is 12.0. The number of hydrogen-bond acceptors (Lipinski definition) is 4. The monoisotopic (exact) mass is 487 g/mol. The van der Waals surface area contributed by atoms with E-state index in [2.05, 4.69) is 5.16 Å². The van der Waals surface area contributed by atoms with Gasteiger partial charge >= 0.3 is 12.1 Å². The molecule has 2 aromatic rings. The minimum absolute atomic E-state index is 0.0704. The summed E-state index contributed by atoms with van der Waals surface area (Å²) in [5.74, 6) is -0.597. The molecule has 172 valence electrons. The second kappa shape index (κ2) is 8.60. The molecular formula is C23H22Cl2F3NO3. The molecule has 1 atom stereocenters. The summed E-state index contributed by atoms with van der Waals surface area (Å²) in [6.07, 6.45) is -5.02. The van der Waals surface area contributed by atoms with Crippen LogP contribution >= 0.6 is 23.2 Å². The van der Waals surface area contributed by atoms with E-state index in [0.29, 0.717) is 17.5 Å². The van der Waals surface area contributed by atoms with Crippen molar-refractivity contribution >= 4 is 34.9 Å². The molecule has 0 amide bonds. The molecule has 0 saturated heterocycles. The van der Waals surface area contributed by atoms with Crippen LogP contribution in [0, 0.1) is 0 Å². The normalized spacial score (nSPS) is 18.8. The number of rotatable bonds is 4. The third-order valence-corrected chi connectivity index (χ3v) is 5.39. The number of nitrogens with zero attached hydrogens (tertiary/aromatic N) is 1. The van der Waals surface area contributed by atoms with Gasteiger partial charge in [-0.25, -0.2) is 4.79 Å². The lowest BCUT2D eigenvalue weighted by molar-refractivity contribution is -0.275. The van der Waals surface area contributed by atoms with Gasteiger partial charge in [-0.15, -0.1) is 0 Å². The summed E-state index contributed by atoms with van der Waals surface area (Å²) in [6.45, 7) is 6.91. The Morgan fingerprint density at radius 1 is 1.12 bits per heavy atom. The molecule has 1 unspecified atom stereocenters. The van der Waals surface area contributed by atoms with Crippen LogP contribution in [-0.2, 0) is 21.6 Å². The van der Waals surface area contributed by atoms with E-state index < -0.39 is 29.8 Å². The zero-order valence-electron chi connectivity index (χ0n) is 17.9. The third-order valence-electron chi connectivity index (χ3n) is 4.95. The molecule has 1 aliphatic rings. The maximum atomic E-state index is 14.3. The van der Waals surface area contributed by atoms with E-state index in [-0.39, 0.29) is 26.9 Å². The number of esters is 1. The van der Waals surface area contributed by atoms with Crippen LogP contribution in [0.5, 0.6) is 0 Å². The Morgan fingerprint density at radius 2 is 1.75 bits per heavy atom. The molecule has 1 aliphatic heterocycles. The van der Waals surface area contributed by atoms with Gasteiger partial charge in [0.1, 0.15) is 5.60 Å². The fraction of sp³-hybridized carbons (Fsp3) is 0.391. The molecule has 0 saturated carbocycles. The van der Waals surface area contributed by atoms with Gasteiger partial charge in [-0.1, -0.05) is 47.4 Å². The molecule has 0 aromatic heterocycles. The Labute approximate surface area is 194 Å². The van der Waals surface area contributed by atoms with Crippen molar-refractivity contribution in [2.75, 3.05) is 0 Å². The van der Waals surface area contributed by atoms with E-state index in [1.165, 1.54) is 36.4 Å². The molecular weight excluding hydrogens is 466 g/mol. The number of ether oxygens (including phenoxy) is 1. The van der Waals surface area contributed by atoms with Crippen molar-refractivity contribution in [1.82, 2.24) is 0 Å². The molecule has 9 heteroatoms. The number of carbonyl (C=O) groups excluding carboxylic acids is 1. The Balaban J connectivity index is 2.02. The van der Waals surface area contributed by atoms with Crippen molar-refractivity contribution in [1.29, 1.82) is 0 Å². The fourth-order valence-corrected chi connectivity index (χ4v) is 3.97. The number of oxime groups is 1. The Kier molecular flexibility index (Phi) is 6.55. The molecule has 0 fully saturated rings. The fourth-order valence-electron chi connectivity index (χ4n) is 3.45. The Bertz CT molecular complexity index is 1060. The highest BCUT2D eigenvalue weighted by Crippen LogP contribution is 2.49. The SMILES string of the molecule is CCc1cc(C2(C(F)(F)F)CC(c3cc(Cl)cc(Cl)c3)=NO2)ccc1C(=O)OC(C)(C)C. The predicted molar refractivity (Wildman–Crippen MR) is 117 cm³/mol. The number of carbonyl (C=O) groups is 1. The van der Waals surface area contributed by atoms with E-state index >= 15 is 0 Å². The molecule has 1 heterocycles. The van der Waals surface area contributed by atoms with Crippen molar-refractivity contribution < 1.29 is 27.5 Å². The first-order chi connectivity index (χ1) is 14.8. The maximum Gasteiger partial charge on any atom is 0.435 e. The lowest BCUT2D eigenvalue weighted by atomic mass is 9.84. The molecule has 0 bridgehead atoms. The highest BCUT2D eigenvalue weighted by atomic mass is 35.5. The van der Waals surface area contributed by atoms with Crippen LogP contribution in [0.4, 0.5) is 13.2 Å². The molecule has 0 N–H and O–H groups in total. The highest BCUT2D eigenvalue weighted by Gasteiger charge is 2.62. The molecule has 0 spiro atoms. The second-order valence-corrected chi connectivity index (χ2v) is 9.39. The van der Waals surface area contributed by atoms with Crippen molar-refractivity contribution in [2.45, 2.75) is 57.9 Å². The van der Waals surface area contributed by atoms with Crippen LogP contribution in [0.1, 0.15) is 61.2 Å². The number of aryl methyl sites for hydroxylation is 1. The third kappa shape index (κ3) is 4.89. The molecule has 4 nitrogen and oxygen atoms in total. The first-order valence-corrected chi connectivity index (χ1v) is 10.7. The van der Waals surface area contributed by atoms with Gasteiger partial charge in [-0.3, -0.25) is 0 Å². The summed E-state index contributed by atoms with van der Waals surface area (Å²) in [4.78, 5) is 17.6. The molecule has 32 heavy (non-hydrogen) atoms. The largest absolute Gasteiger partial charge is 0.456 e. The number of hydrogen-bond donors (Lipinski definition) is 0. The molecule has 3 rings (SSSR count). The van der Waals surface area contributed by atoms with Gasteiger partial charge in [0, 0.05) is 27.6 Å². The lowest BCUT2D eigenvalue weighted by Crippen LogP contribution is -2.42. The van der Waals surface area contributed by atoms with E-state index in [9.17, 15) is 18.0 Å². The van der Waals surface area contributed by atoms with Crippen LogP contribution in [0.15, 0.2) is 41.6 Å². The lowest BCUT2D eigenvalue weighted by Gasteiger charge is -2.30. The average molecular weight is 488 g/mol.